The fourth-order valence-corrected chi connectivity index (χ4v) is 2.85. The largest absolute Gasteiger partial charge is 0.489 e. The molecule has 0 spiro atoms. The Hall–Kier alpha value is -3.15. The van der Waals surface area contributed by atoms with Crippen molar-refractivity contribution in [1.82, 2.24) is 0 Å². The average molecular weight is 471 g/mol. The summed E-state index contributed by atoms with van der Waals surface area (Å²) in [5, 5.41) is 7.53. The highest BCUT2D eigenvalue weighted by Gasteiger charge is 2.06. The molecule has 0 aliphatic rings. The first-order valence-electron chi connectivity index (χ1n) is 10.1. The summed E-state index contributed by atoms with van der Waals surface area (Å²) in [5.74, 6) is 1.47. The van der Waals surface area contributed by atoms with Gasteiger partial charge in [0.05, 0.1) is 0 Å². The van der Waals surface area contributed by atoms with E-state index < -0.39 is 0 Å². The van der Waals surface area contributed by atoms with Gasteiger partial charge in [0.1, 0.15) is 41.5 Å². The molecule has 32 heavy (non-hydrogen) atoms. The van der Waals surface area contributed by atoms with Crippen LogP contribution in [0.2, 0.25) is 0 Å². The smallest absolute Gasteiger partial charge is 0.134 e. The summed E-state index contributed by atoms with van der Waals surface area (Å²) in [4.78, 5) is 5.24. The number of halogens is 2. The molecule has 0 atom stereocenters. The van der Waals surface area contributed by atoms with E-state index in [1.807, 2.05) is 85.8 Å². The third kappa shape index (κ3) is 7.84. The molecule has 0 amide bonds. The van der Waals surface area contributed by atoms with E-state index >= 15 is 0 Å². The Balaban J connectivity index is 1.55. The van der Waals surface area contributed by atoms with Gasteiger partial charge in [-0.05, 0) is 61.5 Å². The Morgan fingerprint density at radius 2 is 1.44 bits per heavy atom. The second-order valence-electron chi connectivity index (χ2n) is 6.59. The van der Waals surface area contributed by atoms with Crippen LogP contribution in [-0.4, -0.2) is 25.5 Å². The average Bonchev–Trinajstić information content (AvgIpc) is 2.82. The first-order valence-corrected chi connectivity index (χ1v) is 10.9. The van der Waals surface area contributed by atoms with Crippen molar-refractivity contribution < 1.29 is 14.3 Å². The molecule has 3 aromatic carbocycles. The summed E-state index contributed by atoms with van der Waals surface area (Å²) in [7, 11) is 0. The quantitative estimate of drug-likeness (QED) is 0.243. The second-order valence-corrected chi connectivity index (χ2v) is 7.60. The van der Waals surface area contributed by atoms with Gasteiger partial charge in [0.2, 0.25) is 0 Å². The number of nitrogens with zero attached hydrogens (tertiary/aromatic N) is 1. The van der Waals surface area contributed by atoms with Crippen molar-refractivity contribution >= 4 is 40.3 Å². The highest BCUT2D eigenvalue weighted by molar-refractivity contribution is 6.55. The van der Waals surface area contributed by atoms with Crippen LogP contribution in [0.25, 0.3) is 0 Å². The topological polar surface area (TPSA) is 52.1 Å². The van der Waals surface area contributed by atoms with E-state index in [-0.39, 0.29) is 4.49 Å². The minimum Gasteiger partial charge on any atom is -0.489 e. The fourth-order valence-electron chi connectivity index (χ4n) is 2.72. The van der Waals surface area contributed by atoms with E-state index in [9.17, 15) is 0 Å². The van der Waals surface area contributed by atoms with Gasteiger partial charge in [-0.1, -0.05) is 58.7 Å². The van der Waals surface area contributed by atoms with Gasteiger partial charge in [0.25, 0.3) is 0 Å². The first kappa shape index (κ1) is 23.5. The molecule has 0 unspecified atom stereocenters. The minimum absolute atomic E-state index is 0.189. The van der Waals surface area contributed by atoms with Gasteiger partial charge in [0, 0.05) is 16.9 Å². The SMILES string of the molecule is CCON=C(COc1ccc(Nc2ccc(OCC=C(Cl)Cl)cc2)cc1)c1ccccc1. The van der Waals surface area contributed by atoms with Crippen molar-refractivity contribution in [3.63, 3.8) is 0 Å². The second kappa shape index (κ2) is 12.6. The third-order valence-electron chi connectivity index (χ3n) is 4.27. The molecule has 0 saturated heterocycles. The number of rotatable bonds is 11. The predicted octanol–water partition coefficient (Wildman–Crippen LogP) is 6.95. The third-order valence-corrected chi connectivity index (χ3v) is 4.58. The van der Waals surface area contributed by atoms with Gasteiger partial charge in [0.15, 0.2) is 0 Å². The standard InChI is InChI=1S/C25H24Cl2N2O3/c1-2-32-29-24(19-6-4-3-5-7-19)18-31-23-14-10-21(11-15-23)28-20-8-12-22(13-9-20)30-17-16-25(26)27/h3-16,28H,2,17-18H2,1H3. The summed E-state index contributed by atoms with van der Waals surface area (Å²) in [5.41, 5.74) is 3.58. The maximum atomic E-state index is 5.92. The number of benzene rings is 3. The maximum absolute atomic E-state index is 5.92. The summed E-state index contributed by atoms with van der Waals surface area (Å²) in [6.45, 7) is 3.02. The van der Waals surface area contributed by atoms with E-state index in [0.29, 0.717) is 19.8 Å². The lowest BCUT2D eigenvalue weighted by atomic mass is 10.1. The minimum atomic E-state index is 0.189. The fraction of sp³-hybridized carbons (Fsp3) is 0.160. The number of nitrogens with one attached hydrogen (secondary N) is 1. The molecule has 0 saturated carbocycles. The highest BCUT2D eigenvalue weighted by Crippen LogP contribution is 2.22. The van der Waals surface area contributed by atoms with Gasteiger partial charge in [-0.15, -0.1) is 0 Å². The van der Waals surface area contributed by atoms with E-state index in [4.69, 9.17) is 37.5 Å². The van der Waals surface area contributed by atoms with Gasteiger partial charge in [-0.25, -0.2) is 0 Å². The highest BCUT2D eigenvalue weighted by atomic mass is 35.5. The van der Waals surface area contributed by atoms with Gasteiger partial charge >= 0.3 is 0 Å². The Morgan fingerprint density at radius 3 is 2.00 bits per heavy atom. The van der Waals surface area contributed by atoms with Gasteiger partial charge < -0.3 is 19.6 Å². The van der Waals surface area contributed by atoms with Crippen molar-refractivity contribution in [2.24, 2.45) is 5.16 Å². The monoisotopic (exact) mass is 470 g/mol. The van der Waals surface area contributed by atoms with Crippen LogP contribution in [0.15, 0.2) is 94.6 Å². The van der Waals surface area contributed by atoms with E-state index in [0.717, 1.165) is 34.1 Å². The number of anilines is 2. The molecule has 0 aliphatic carbocycles. The lowest BCUT2D eigenvalue weighted by Crippen LogP contribution is -2.13. The lowest BCUT2D eigenvalue weighted by Gasteiger charge is -2.11. The van der Waals surface area contributed by atoms with Crippen molar-refractivity contribution in [2.45, 2.75) is 6.92 Å². The molecule has 0 aliphatic heterocycles. The van der Waals surface area contributed by atoms with Crippen molar-refractivity contribution in [1.29, 1.82) is 0 Å². The van der Waals surface area contributed by atoms with Crippen LogP contribution in [0, 0.1) is 0 Å². The Bertz CT molecular complexity index is 1020. The van der Waals surface area contributed by atoms with Crippen LogP contribution in [0.5, 0.6) is 11.5 Å². The molecule has 3 rings (SSSR count). The van der Waals surface area contributed by atoms with Crippen LogP contribution in [0.1, 0.15) is 12.5 Å². The summed E-state index contributed by atoms with van der Waals surface area (Å²) in [6.07, 6.45) is 1.59. The van der Waals surface area contributed by atoms with Crippen molar-refractivity contribution in [3.05, 3.63) is 95.0 Å². The molecule has 0 radical (unpaired) electrons. The molecule has 166 valence electrons. The zero-order valence-electron chi connectivity index (χ0n) is 17.6. The molecule has 0 aromatic heterocycles. The van der Waals surface area contributed by atoms with E-state index in [2.05, 4.69) is 10.5 Å². The van der Waals surface area contributed by atoms with Crippen LogP contribution in [0.4, 0.5) is 11.4 Å². The molecule has 0 fully saturated rings. The number of hydrogen-bond donors (Lipinski definition) is 1. The summed E-state index contributed by atoms with van der Waals surface area (Å²) < 4.78 is 11.6. The lowest BCUT2D eigenvalue weighted by molar-refractivity contribution is 0.157. The Kier molecular flexibility index (Phi) is 9.29. The zero-order valence-corrected chi connectivity index (χ0v) is 19.1. The Labute approximate surface area is 198 Å². The molecular weight excluding hydrogens is 447 g/mol. The van der Waals surface area contributed by atoms with Crippen LogP contribution in [-0.2, 0) is 4.84 Å². The van der Waals surface area contributed by atoms with Crippen molar-refractivity contribution in [3.8, 4) is 11.5 Å². The normalized spacial score (nSPS) is 10.9. The number of hydrogen-bond acceptors (Lipinski definition) is 5. The Morgan fingerprint density at radius 1 is 0.844 bits per heavy atom. The molecule has 0 heterocycles. The molecule has 1 N–H and O–H groups in total. The number of ether oxygens (including phenoxy) is 2. The molecule has 0 bridgehead atoms. The summed E-state index contributed by atoms with van der Waals surface area (Å²) in [6, 6.07) is 25.2. The van der Waals surface area contributed by atoms with Crippen LogP contribution in [0.3, 0.4) is 0 Å². The van der Waals surface area contributed by atoms with Crippen molar-refractivity contribution in [2.75, 3.05) is 25.1 Å². The molecule has 5 nitrogen and oxygen atoms in total. The molecule has 7 heteroatoms. The van der Waals surface area contributed by atoms with Crippen LogP contribution >= 0.6 is 23.2 Å². The van der Waals surface area contributed by atoms with E-state index in [1.54, 1.807) is 6.08 Å². The molecular formula is C25H24Cl2N2O3. The van der Waals surface area contributed by atoms with E-state index in [1.165, 1.54) is 0 Å². The van der Waals surface area contributed by atoms with Crippen LogP contribution < -0.4 is 14.8 Å². The number of oxime groups is 1. The zero-order chi connectivity index (χ0) is 22.6. The predicted molar refractivity (Wildman–Crippen MR) is 132 cm³/mol. The summed E-state index contributed by atoms with van der Waals surface area (Å²) >= 11 is 11.1. The van der Waals surface area contributed by atoms with Gasteiger partial charge in [-0.3, -0.25) is 0 Å². The maximum Gasteiger partial charge on any atom is 0.134 e. The molecule has 3 aromatic rings. The first-order chi connectivity index (χ1) is 15.6. The van der Waals surface area contributed by atoms with Gasteiger partial charge in [-0.2, -0.15) is 0 Å².